The van der Waals surface area contributed by atoms with Crippen LogP contribution in [0.1, 0.15) is 24.8 Å². The van der Waals surface area contributed by atoms with E-state index in [0.717, 1.165) is 31.7 Å². The smallest absolute Gasteiger partial charge is 0.147 e. The molecule has 0 aliphatic rings. The Labute approximate surface area is 114 Å². The molecule has 0 amide bonds. The average Bonchev–Trinajstić information content (AvgIpc) is 2.47. The highest BCUT2D eigenvalue weighted by molar-refractivity contribution is 5.87. The summed E-state index contributed by atoms with van der Waals surface area (Å²) < 4.78 is 5.27. The number of hydrogen-bond donors (Lipinski definition) is 3. The largest absolute Gasteiger partial charge is 0.409 e. The predicted molar refractivity (Wildman–Crippen MR) is 76.6 cm³/mol. The summed E-state index contributed by atoms with van der Waals surface area (Å²) in [6.45, 7) is 4.98. The van der Waals surface area contributed by atoms with E-state index >= 15 is 0 Å². The molecular weight excluding hydrogens is 242 g/mol. The van der Waals surface area contributed by atoms with Crippen molar-refractivity contribution >= 4 is 5.84 Å². The van der Waals surface area contributed by atoms with Gasteiger partial charge in [-0.1, -0.05) is 35.5 Å². The Hall–Kier alpha value is -1.59. The topological polar surface area (TPSA) is 79.9 Å². The minimum atomic E-state index is -0.113. The molecule has 0 aliphatic heterocycles. The second-order valence-electron chi connectivity index (χ2n) is 4.24. The zero-order chi connectivity index (χ0) is 13.9. The number of nitrogens with zero attached hydrogens (tertiary/aromatic N) is 1. The molecule has 0 saturated heterocycles. The highest BCUT2D eigenvalue weighted by Gasteiger charge is 2.15. The zero-order valence-corrected chi connectivity index (χ0v) is 11.4. The van der Waals surface area contributed by atoms with E-state index in [1.807, 2.05) is 37.3 Å². The van der Waals surface area contributed by atoms with Crippen molar-refractivity contribution in [1.82, 2.24) is 5.32 Å². The minimum absolute atomic E-state index is 0.113. The van der Waals surface area contributed by atoms with E-state index in [9.17, 15) is 0 Å². The van der Waals surface area contributed by atoms with E-state index in [0.29, 0.717) is 6.54 Å². The Morgan fingerprint density at radius 3 is 2.79 bits per heavy atom. The van der Waals surface area contributed by atoms with Crippen LogP contribution >= 0.6 is 0 Å². The van der Waals surface area contributed by atoms with Crippen molar-refractivity contribution < 1.29 is 9.94 Å². The van der Waals surface area contributed by atoms with Crippen molar-refractivity contribution in [3.05, 3.63) is 35.9 Å². The molecule has 5 heteroatoms. The van der Waals surface area contributed by atoms with E-state index in [1.54, 1.807) is 0 Å². The molecule has 0 fully saturated rings. The predicted octanol–water partition coefficient (Wildman–Crippen LogP) is 1.53. The molecule has 0 heterocycles. The highest BCUT2D eigenvalue weighted by Crippen LogP contribution is 2.14. The molecule has 0 aromatic heterocycles. The Balaban J connectivity index is 2.44. The highest BCUT2D eigenvalue weighted by atomic mass is 16.5. The van der Waals surface area contributed by atoms with Gasteiger partial charge in [-0.25, -0.2) is 0 Å². The van der Waals surface area contributed by atoms with Crippen molar-refractivity contribution in [1.29, 1.82) is 0 Å². The van der Waals surface area contributed by atoms with Crippen LogP contribution in [-0.2, 0) is 4.74 Å². The number of ether oxygens (including phenoxy) is 1. The fraction of sp³-hybridized carbons (Fsp3) is 0.500. The number of amidine groups is 1. The van der Waals surface area contributed by atoms with Crippen LogP contribution in [0.25, 0.3) is 0 Å². The molecule has 106 valence electrons. The van der Waals surface area contributed by atoms with Gasteiger partial charge in [0.2, 0.25) is 0 Å². The zero-order valence-electron chi connectivity index (χ0n) is 11.4. The third-order valence-electron chi connectivity index (χ3n) is 2.87. The number of nitrogens with two attached hydrogens (primary N) is 1. The maximum atomic E-state index is 8.85. The van der Waals surface area contributed by atoms with Crippen LogP contribution in [0, 0.1) is 0 Å². The molecule has 0 saturated carbocycles. The van der Waals surface area contributed by atoms with Gasteiger partial charge in [-0.2, -0.15) is 0 Å². The molecule has 1 rings (SSSR count). The molecule has 1 atom stereocenters. The quantitative estimate of drug-likeness (QED) is 0.208. The molecule has 0 bridgehead atoms. The molecular formula is C14H23N3O2. The van der Waals surface area contributed by atoms with Gasteiger partial charge in [-0.15, -0.1) is 0 Å². The molecule has 1 aromatic rings. The molecule has 5 nitrogen and oxygen atoms in total. The molecule has 4 N–H and O–H groups in total. The van der Waals surface area contributed by atoms with Gasteiger partial charge in [0, 0.05) is 19.8 Å². The maximum Gasteiger partial charge on any atom is 0.147 e. The second kappa shape index (κ2) is 9.35. The summed E-state index contributed by atoms with van der Waals surface area (Å²) in [6, 6.07) is 9.79. The first kappa shape index (κ1) is 15.5. The summed E-state index contributed by atoms with van der Waals surface area (Å²) in [4.78, 5) is 0. The normalized spacial score (nSPS) is 13.4. The van der Waals surface area contributed by atoms with E-state index in [2.05, 4.69) is 10.5 Å². The van der Waals surface area contributed by atoms with Gasteiger partial charge in [-0.05, 0) is 25.5 Å². The number of oxime groups is 1. The Morgan fingerprint density at radius 2 is 2.16 bits per heavy atom. The molecule has 1 aromatic carbocycles. The number of rotatable bonds is 9. The number of nitrogens with one attached hydrogen (secondary N) is 1. The van der Waals surface area contributed by atoms with E-state index in [1.165, 1.54) is 0 Å². The third-order valence-corrected chi connectivity index (χ3v) is 2.87. The molecule has 0 radical (unpaired) electrons. The van der Waals surface area contributed by atoms with Gasteiger partial charge >= 0.3 is 0 Å². The third kappa shape index (κ3) is 5.72. The minimum Gasteiger partial charge on any atom is -0.409 e. The SMILES string of the molecule is CCOCCCNCC(C(N)=NO)c1ccccc1. The van der Waals surface area contributed by atoms with Crippen molar-refractivity contribution in [3.8, 4) is 0 Å². The van der Waals surface area contributed by atoms with Gasteiger partial charge < -0.3 is 21.0 Å². The van der Waals surface area contributed by atoms with E-state index in [4.69, 9.17) is 15.7 Å². The van der Waals surface area contributed by atoms with Crippen LogP contribution in [0.5, 0.6) is 0 Å². The first-order valence-corrected chi connectivity index (χ1v) is 6.60. The van der Waals surface area contributed by atoms with Gasteiger partial charge in [0.25, 0.3) is 0 Å². The van der Waals surface area contributed by atoms with Crippen LogP contribution in [0.3, 0.4) is 0 Å². The first-order valence-electron chi connectivity index (χ1n) is 6.60. The molecule has 0 spiro atoms. The summed E-state index contributed by atoms with van der Waals surface area (Å²) in [5, 5.41) is 15.3. The van der Waals surface area contributed by atoms with Gasteiger partial charge in [0.05, 0.1) is 5.92 Å². The fourth-order valence-electron chi connectivity index (χ4n) is 1.84. The maximum absolute atomic E-state index is 8.85. The van der Waals surface area contributed by atoms with Crippen molar-refractivity contribution in [2.24, 2.45) is 10.9 Å². The van der Waals surface area contributed by atoms with Crippen LogP contribution in [0.4, 0.5) is 0 Å². The van der Waals surface area contributed by atoms with Crippen molar-refractivity contribution in [2.75, 3.05) is 26.3 Å². The lowest BCUT2D eigenvalue weighted by Crippen LogP contribution is -2.32. The summed E-state index contributed by atoms with van der Waals surface area (Å²) >= 11 is 0. The van der Waals surface area contributed by atoms with Crippen LogP contribution in [0.2, 0.25) is 0 Å². The Kier molecular flexibility index (Phi) is 7.62. The summed E-state index contributed by atoms with van der Waals surface area (Å²) in [5.41, 5.74) is 6.78. The summed E-state index contributed by atoms with van der Waals surface area (Å²) in [7, 11) is 0. The lowest BCUT2D eigenvalue weighted by Gasteiger charge is -2.16. The lowest BCUT2D eigenvalue weighted by molar-refractivity contribution is 0.145. The Morgan fingerprint density at radius 1 is 1.42 bits per heavy atom. The first-order chi connectivity index (χ1) is 9.29. The van der Waals surface area contributed by atoms with Gasteiger partial charge in [-0.3, -0.25) is 0 Å². The number of benzene rings is 1. The summed E-state index contributed by atoms with van der Waals surface area (Å²) in [5.74, 6) is 0.113. The van der Waals surface area contributed by atoms with Gasteiger partial charge in [0.1, 0.15) is 5.84 Å². The molecule has 19 heavy (non-hydrogen) atoms. The van der Waals surface area contributed by atoms with Crippen molar-refractivity contribution in [2.45, 2.75) is 19.3 Å². The number of hydrogen-bond acceptors (Lipinski definition) is 4. The van der Waals surface area contributed by atoms with E-state index < -0.39 is 0 Å². The average molecular weight is 265 g/mol. The van der Waals surface area contributed by atoms with Crippen LogP contribution < -0.4 is 11.1 Å². The van der Waals surface area contributed by atoms with Crippen LogP contribution in [-0.4, -0.2) is 37.3 Å². The van der Waals surface area contributed by atoms with Crippen molar-refractivity contribution in [3.63, 3.8) is 0 Å². The standard InChI is InChI=1S/C14H23N3O2/c1-2-19-10-6-9-16-11-13(14(15)17-18)12-7-4-3-5-8-12/h3-5,7-8,13,16,18H,2,6,9-11H2,1H3,(H2,15,17). The summed E-state index contributed by atoms with van der Waals surface area (Å²) in [6.07, 6.45) is 0.950. The fourth-order valence-corrected chi connectivity index (χ4v) is 1.84. The molecule has 0 aliphatic carbocycles. The Bertz CT molecular complexity index is 368. The molecule has 1 unspecified atom stereocenters. The van der Waals surface area contributed by atoms with Gasteiger partial charge in [0.15, 0.2) is 0 Å². The lowest BCUT2D eigenvalue weighted by atomic mass is 9.98. The van der Waals surface area contributed by atoms with Crippen LogP contribution in [0.15, 0.2) is 35.5 Å². The second-order valence-corrected chi connectivity index (χ2v) is 4.24. The monoisotopic (exact) mass is 265 g/mol. The van der Waals surface area contributed by atoms with E-state index in [-0.39, 0.29) is 11.8 Å².